The van der Waals surface area contributed by atoms with E-state index in [1.807, 2.05) is 0 Å². The molecule has 4 atom stereocenters. The summed E-state index contributed by atoms with van der Waals surface area (Å²) in [6, 6.07) is 7.02. The Bertz CT molecular complexity index is 641. The number of nitrogens with zero attached hydrogens (tertiary/aromatic N) is 2. The Kier molecular flexibility index (Phi) is 5.46. The van der Waals surface area contributed by atoms with E-state index in [1.54, 1.807) is 0 Å². The Labute approximate surface area is 167 Å². The van der Waals surface area contributed by atoms with E-state index in [1.165, 1.54) is 29.8 Å². The van der Waals surface area contributed by atoms with Crippen LogP contribution in [0.5, 0.6) is 0 Å². The molecule has 4 aliphatic heterocycles. The van der Waals surface area contributed by atoms with Crippen molar-refractivity contribution in [3.05, 3.63) is 23.8 Å². The van der Waals surface area contributed by atoms with Crippen molar-refractivity contribution in [2.75, 3.05) is 62.4 Å². The molecule has 1 aromatic carbocycles. The Hall–Kier alpha value is -1.34. The van der Waals surface area contributed by atoms with E-state index < -0.39 is 0 Å². The summed E-state index contributed by atoms with van der Waals surface area (Å²) in [6.45, 7) is 9.61. The molecule has 5 rings (SSSR count). The molecular weight excluding hydrogens is 356 g/mol. The monoisotopic (exact) mass is 388 g/mol. The van der Waals surface area contributed by atoms with Crippen LogP contribution in [0.3, 0.4) is 0 Å². The molecule has 0 aromatic heterocycles. The van der Waals surface area contributed by atoms with E-state index in [-0.39, 0.29) is 0 Å². The van der Waals surface area contributed by atoms with Crippen LogP contribution >= 0.6 is 0 Å². The van der Waals surface area contributed by atoms with Gasteiger partial charge in [0.05, 0.1) is 50.8 Å². The third-order valence-electron chi connectivity index (χ3n) is 5.88. The lowest BCUT2D eigenvalue weighted by Crippen LogP contribution is -2.34. The summed E-state index contributed by atoms with van der Waals surface area (Å²) < 4.78 is 22.1. The van der Waals surface area contributed by atoms with Crippen LogP contribution in [0.25, 0.3) is 0 Å². The van der Waals surface area contributed by atoms with E-state index in [2.05, 4.69) is 34.9 Å². The maximum atomic E-state index is 5.56. The van der Waals surface area contributed by atoms with Crippen LogP contribution in [0.1, 0.15) is 25.3 Å². The Morgan fingerprint density at radius 2 is 1.29 bits per heavy atom. The van der Waals surface area contributed by atoms with Crippen LogP contribution in [0, 0.1) is 0 Å². The average Bonchev–Trinajstić information content (AvgIpc) is 3.55. The molecule has 1 aromatic rings. The lowest BCUT2D eigenvalue weighted by molar-refractivity contribution is 0.388. The first-order valence-corrected chi connectivity index (χ1v) is 10.9. The zero-order valence-electron chi connectivity index (χ0n) is 16.8. The first-order valence-electron chi connectivity index (χ1n) is 10.9. The van der Waals surface area contributed by atoms with Crippen LogP contribution < -0.4 is 9.80 Å². The van der Waals surface area contributed by atoms with Gasteiger partial charge in [0.15, 0.2) is 0 Å². The predicted molar refractivity (Wildman–Crippen MR) is 108 cm³/mol. The highest BCUT2D eigenvalue weighted by Gasteiger charge is 2.33. The second kappa shape index (κ2) is 8.19. The highest BCUT2D eigenvalue weighted by atomic mass is 16.6. The number of anilines is 2. The van der Waals surface area contributed by atoms with Crippen LogP contribution in [0.15, 0.2) is 18.2 Å². The van der Waals surface area contributed by atoms with E-state index in [9.17, 15) is 0 Å². The van der Waals surface area contributed by atoms with Crippen LogP contribution in [0.2, 0.25) is 0 Å². The Morgan fingerprint density at radius 3 is 1.75 bits per heavy atom. The second-order valence-electron chi connectivity index (χ2n) is 8.55. The number of epoxide rings is 4. The maximum absolute atomic E-state index is 5.56. The SMILES string of the molecule is CCCCc1ccc(N(CC2CO2)CC2CO2)cc1N(CC1CO1)CC1CO1. The van der Waals surface area contributed by atoms with Gasteiger partial charge in [-0.15, -0.1) is 0 Å². The van der Waals surface area contributed by atoms with Gasteiger partial charge in [-0.3, -0.25) is 0 Å². The topological polar surface area (TPSA) is 56.6 Å². The minimum absolute atomic E-state index is 0.372. The number of rotatable bonds is 13. The van der Waals surface area contributed by atoms with Gasteiger partial charge in [-0.25, -0.2) is 0 Å². The smallest absolute Gasteiger partial charge is 0.0984 e. The fraction of sp³-hybridized carbons (Fsp3) is 0.727. The molecule has 28 heavy (non-hydrogen) atoms. The van der Waals surface area contributed by atoms with Crippen molar-refractivity contribution in [2.24, 2.45) is 0 Å². The standard InChI is InChI=1S/C22H32N2O4/c1-2-3-4-16-5-6-17(23(8-18-12-25-18)9-19-13-26-19)7-22(16)24(10-20-14-27-20)11-21-15-28-21/h5-7,18-21H,2-4,8-15H2,1H3. The number of aryl methyl sites for hydroxylation is 1. The third-order valence-corrected chi connectivity index (χ3v) is 5.88. The number of benzene rings is 1. The molecule has 0 amide bonds. The van der Waals surface area contributed by atoms with Crippen molar-refractivity contribution in [3.63, 3.8) is 0 Å². The molecule has 0 saturated carbocycles. The number of ether oxygens (including phenoxy) is 4. The Balaban J connectivity index is 1.40. The maximum Gasteiger partial charge on any atom is 0.0984 e. The van der Waals surface area contributed by atoms with Gasteiger partial charge in [-0.1, -0.05) is 19.4 Å². The summed E-state index contributed by atoms with van der Waals surface area (Å²) in [5.41, 5.74) is 4.08. The van der Waals surface area contributed by atoms with Gasteiger partial charge in [-0.2, -0.15) is 0 Å². The molecule has 6 nitrogen and oxygen atoms in total. The van der Waals surface area contributed by atoms with Crippen molar-refractivity contribution < 1.29 is 18.9 Å². The van der Waals surface area contributed by atoms with Crippen molar-refractivity contribution in [3.8, 4) is 0 Å². The Morgan fingerprint density at radius 1 is 0.786 bits per heavy atom. The molecule has 0 N–H and O–H groups in total. The van der Waals surface area contributed by atoms with Crippen LogP contribution in [-0.2, 0) is 25.4 Å². The molecule has 154 valence electrons. The van der Waals surface area contributed by atoms with Crippen molar-refractivity contribution in [1.82, 2.24) is 0 Å². The summed E-state index contributed by atoms with van der Waals surface area (Å²) in [4.78, 5) is 4.95. The van der Waals surface area contributed by atoms with E-state index in [0.717, 1.165) is 59.0 Å². The van der Waals surface area contributed by atoms with Gasteiger partial charge in [0, 0.05) is 37.6 Å². The molecule has 0 aliphatic carbocycles. The van der Waals surface area contributed by atoms with Gasteiger partial charge >= 0.3 is 0 Å². The average molecular weight is 389 g/mol. The van der Waals surface area contributed by atoms with Gasteiger partial charge in [0.2, 0.25) is 0 Å². The summed E-state index contributed by atoms with van der Waals surface area (Å²) >= 11 is 0. The molecule has 6 heteroatoms. The molecule has 4 fully saturated rings. The zero-order valence-corrected chi connectivity index (χ0v) is 16.8. The largest absolute Gasteiger partial charge is 0.371 e. The fourth-order valence-corrected chi connectivity index (χ4v) is 3.86. The van der Waals surface area contributed by atoms with E-state index >= 15 is 0 Å². The first kappa shape index (κ1) is 18.7. The summed E-state index contributed by atoms with van der Waals surface area (Å²) in [5, 5.41) is 0. The minimum atomic E-state index is 0.372. The molecule has 4 aliphatic rings. The van der Waals surface area contributed by atoms with Crippen LogP contribution in [-0.4, -0.2) is 77.0 Å². The zero-order chi connectivity index (χ0) is 18.9. The summed E-state index contributed by atoms with van der Waals surface area (Å²) in [5.74, 6) is 0. The number of unbranched alkanes of at least 4 members (excludes halogenated alkanes) is 1. The fourth-order valence-electron chi connectivity index (χ4n) is 3.86. The lowest BCUT2D eigenvalue weighted by Gasteiger charge is -2.30. The molecular formula is C22H32N2O4. The van der Waals surface area contributed by atoms with Crippen molar-refractivity contribution in [1.29, 1.82) is 0 Å². The predicted octanol–water partition coefficient (Wildman–Crippen LogP) is 2.24. The molecule has 4 heterocycles. The lowest BCUT2D eigenvalue weighted by atomic mass is 10.0. The first-order chi connectivity index (χ1) is 13.8. The van der Waals surface area contributed by atoms with Gasteiger partial charge in [-0.05, 0) is 30.5 Å². The molecule has 0 radical (unpaired) electrons. The van der Waals surface area contributed by atoms with Gasteiger partial charge < -0.3 is 28.7 Å². The van der Waals surface area contributed by atoms with Gasteiger partial charge in [0.25, 0.3) is 0 Å². The summed E-state index contributed by atoms with van der Waals surface area (Å²) in [7, 11) is 0. The molecule has 4 saturated heterocycles. The highest BCUT2D eigenvalue weighted by Crippen LogP contribution is 2.32. The second-order valence-corrected chi connectivity index (χ2v) is 8.55. The number of hydrogen-bond donors (Lipinski definition) is 0. The summed E-state index contributed by atoms with van der Waals surface area (Å²) in [6.07, 6.45) is 5.04. The normalized spacial score (nSPS) is 29.5. The minimum Gasteiger partial charge on any atom is -0.371 e. The van der Waals surface area contributed by atoms with E-state index in [4.69, 9.17) is 18.9 Å². The van der Waals surface area contributed by atoms with Crippen molar-refractivity contribution in [2.45, 2.75) is 50.6 Å². The van der Waals surface area contributed by atoms with E-state index in [0.29, 0.717) is 24.4 Å². The molecule has 0 spiro atoms. The third kappa shape index (κ3) is 5.17. The van der Waals surface area contributed by atoms with Crippen molar-refractivity contribution >= 4 is 11.4 Å². The van der Waals surface area contributed by atoms with Crippen LogP contribution in [0.4, 0.5) is 11.4 Å². The van der Waals surface area contributed by atoms with Gasteiger partial charge in [0.1, 0.15) is 0 Å². The quantitative estimate of drug-likeness (QED) is 0.483. The highest BCUT2D eigenvalue weighted by molar-refractivity contribution is 5.64. The molecule has 4 unspecified atom stereocenters. The number of hydrogen-bond acceptors (Lipinski definition) is 6. The molecule has 0 bridgehead atoms.